The van der Waals surface area contributed by atoms with Gasteiger partial charge >= 0.3 is 0 Å². The van der Waals surface area contributed by atoms with Crippen molar-refractivity contribution < 1.29 is 0 Å². The first kappa shape index (κ1) is 14.0. The maximum absolute atomic E-state index is 4.19. The SMILES string of the molecule is CCCn1cncc1CSc1nnnn1CCNC. The average Bonchev–Trinajstić information content (AvgIpc) is 3.03. The first-order chi connectivity index (χ1) is 9.35. The highest BCUT2D eigenvalue weighted by molar-refractivity contribution is 7.98. The Morgan fingerprint density at radius 1 is 1.37 bits per heavy atom. The monoisotopic (exact) mass is 281 g/mol. The fourth-order valence-corrected chi connectivity index (χ4v) is 2.60. The molecule has 0 saturated heterocycles. The number of thioether (sulfide) groups is 1. The zero-order valence-corrected chi connectivity index (χ0v) is 12.1. The minimum Gasteiger partial charge on any atom is -0.334 e. The van der Waals surface area contributed by atoms with Crippen LogP contribution in [0.3, 0.4) is 0 Å². The molecule has 0 spiro atoms. The summed E-state index contributed by atoms with van der Waals surface area (Å²) in [6, 6.07) is 0. The summed E-state index contributed by atoms with van der Waals surface area (Å²) in [7, 11) is 1.92. The Hall–Kier alpha value is -1.41. The van der Waals surface area contributed by atoms with E-state index >= 15 is 0 Å². The van der Waals surface area contributed by atoms with Gasteiger partial charge in [-0.05, 0) is 23.9 Å². The predicted octanol–water partition coefficient (Wildman–Crippen LogP) is 0.791. The number of hydrogen-bond acceptors (Lipinski definition) is 6. The molecule has 19 heavy (non-hydrogen) atoms. The molecule has 7 nitrogen and oxygen atoms in total. The zero-order chi connectivity index (χ0) is 13.5. The van der Waals surface area contributed by atoms with Crippen molar-refractivity contribution in [3.05, 3.63) is 18.2 Å². The maximum atomic E-state index is 4.19. The van der Waals surface area contributed by atoms with E-state index in [9.17, 15) is 0 Å². The first-order valence-corrected chi connectivity index (χ1v) is 7.36. The van der Waals surface area contributed by atoms with Gasteiger partial charge in [0.2, 0.25) is 5.16 Å². The van der Waals surface area contributed by atoms with Crippen molar-refractivity contribution in [2.75, 3.05) is 13.6 Å². The highest BCUT2D eigenvalue weighted by Crippen LogP contribution is 2.19. The molecule has 0 radical (unpaired) electrons. The Kier molecular flexibility index (Phi) is 5.34. The van der Waals surface area contributed by atoms with E-state index in [1.807, 2.05) is 24.3 Å². The average molecular weight is 281 g/mol. The molecule has 0 fully saturated rings. The molecule has 104 valence electrons. The van der Waals surface area contributed by atoms with Gasteiger partial charge in [0.1, 0.15) is 0 Å². The number of nitrogens with one attached hydrogen (secondary N) is 1. The lowest BCUT2D eigenvalue weighted by molar-refractivity contribution is 0.530. The van der Waals surface area contributed by atoms with Crippen molar-refractivity contribution in [1.29, 1.82) is 0 Å². The van der Waals surface area contributed by atoms with E-state index in [0.717, 1.165) is 37.0 Å². The van der Waals surface area contributed by atoms with E-state index in [1.54, 1.807) is 11.8 Å². The lowest BCUT2D eigenvalue weighted by Gasteiger charge is -2.06. The normalized spacial score (nSPS) is 11.1. The summed E-state index contributed by atoms with van der Waals surface area (Å²) >= 11 is 1.64. The van der Waals surface area contributed by atoms with Crippen LogP contribution in [0.4, 0.5) is 0 Å². The smallest absolute Gasteiger partial charge is 0.209 e. The Morgan fingerprint density at radius 2 is 2.26 bits per heavy atom. The number of hydrogen-bond donors (Lipinski definition) is 1. The molecule has 0 aliphatic heterocycles. The van der Waals surface area contributed by atoms with Crippen LogP contribution in [-0.4, -0.2) is 43.4 Å². The number of aryl methyl sites for hydroxylation is 1. The molecule has 1 N–H and O–H groups in total. The van der Waals surface area contributed by atoms with Crippen LogP contribution in [0.2, 0.25) is 0 Å². The predicted molar refractivity (Wildman–Crippen MR) is 73.8 cm³/mol. The summed E-state index contributed by atoms with van der Waals surface area (Å²) in [5.41, 5.74) is 1.20. The van der Waals surface area contributed by atoms with Gasteiger partial charge in [0.25, 0.3) is 0 Å². The Morgan fingerprint density at radius 3 is 3.05 bits per heavy atom. The van der Waals surface area contributed by atoms with Gasteiger partial charge in [-0.1, -0.05) is 18.7 Å². The van der Waals surface area contributed by atoms with Gasteiger partial charge in [-0.15, -0.1) is 5.10 Å². The minimum absolute atomic E-state index is 0.778. The third-order valence-corrected chi connectivity index (χ3v) is 3.68. The van der Waals surface area contributed by atoms with E-state index in [1.165, 1.54) is 5.69 Å². The summed E-state index contributed by atoms with van der Waals surface area (Å²) in [6.07, 6.45) is 4.89. The van der Waals surface area contributed by atoms with E-state index in [4.69, 9.17) is 0 Å². The van der Waals surface area contributed by atoms with Gasteiger partial charge < -0.3 is 9.88 Å². The molecule has 2 rings (SSSR count). The van der Waals surface area contributed by atoms with Crippen LogP contribution in [0.15, 0.2) is 17.7 Å². The molecule has 2 aromatic rings. The second-order valence-electron chi connectivity index (χ2n) is 4.16. The Labute approximate surface area is 116 Å². The van der Waals surface area contributed by atoms with Crippen molar-refractivity contribution >= 4 is 11.8 Å². The first-order valence-electron chi connectivity index (χ1n) is 6.37. The fraction of sp³-hybridized carbons (Fsp3) is 0.636. The number of likely N-dealkylation sites (N-methyl/N-ethyl adjacent to an activating group) is 1. The van der Waals surface area contributed by atoms with Crippen LogP contribution in [0, 0.1) is 0 Å². The second kappa shape index (κ2) is 7.25. The van der Waals surface area contributed by atoms with Crippen LogP contribution in [0.1, 0.15) is 19.0 Å². The van der Waals surface area contributed by atoms with Crippen molar-refractivity contribution in [2.45, 2.75) is 37.3 Å². The Balaban J connectivity index is 1.94. The maximum Gasteiger partial charge on any atom is 0.209 e. The van der Waals surface area contributed by atoms with Gasteiger partial charge in [0.05, 0.1) is 12.9 Å². The molecule has 0 atom stereocenters. The van der Waals surface area contributed by atoms with Gasteiger partial charge in [-0.3, -0.25) is 0 Å². The van der Waals surface area contributed by atoms with E-state index in [0.29, 0.717) is 0 Å². The summed E-state index contributed by atoms with van der Waals surface area (Å²) < 4.78 is 4.00. The third-order valence-electron chi connectivity index (χ3n) is 2.68. The molecule has 0 bridgehead atoms. The quantitative estimate of drug-likeness (QED) is 0.721. The lowest BCUT2D eigenvalue weighted by atomic mass is 10.4. The van der Waals surface area contributed by atoms with Gasteiger partial charge in [-0.25, -0.2) is 9.67 Å². The molecule has 8 heteroatoms. The number of imidazole rings is 1. The van der Waals surface area contributed by atoms with Gasteiger partial charge in [-0.2, -0.15) is 0 Å². The second-order valence-corrected chi connectivity index (χ2v) is 5.10. The molecule has 0 aromatic carbocycles. The lowest BCUT2D eigenvalue weighted by Crippen LogP contribution is -2.16. The summed E-state index contributed by atoms with van der Waals surface area (Å²) in [4.78, 5) is 4.19. The molecule has 0 saturated carbocycles. The number of nitrogens with zero attached hydrogens (tertiary/aromatic N) is 6. The molecule has 2 heterocycles. The standard InChI is InChI=1S/C11H19N7S/c1-3-5-17-9-13-7-10(17)8-19-11-14-15-16-18(11)6-4-12-2/h7,9,12H,3-6,8H2,1-2H3. The summed E-state index contributed by atoms with van der Waals surface area (Å²) in [6.45, 7) is 4.79. The summed E-state index contributed by atoms with van der Waals surface area (Å²) in [5.74, 6) is 0.833. The molecule has 2 aromatic heterocycles. The van der Waals surface area contributed by atoms with Crippen LogP contribution in [0.25, 0.3) is 0 Å². The molecular weight excluding hydrogens is 262 g/mol. The van der Waals surface area contributed by atoms with E-state index in [2.05, 4.69) is 37.3 Å². The van der Waals surface area contributed by atoms with Gasteiger partial charge in [0, 0.05) is 30.7 Å². The minimum atomic E-state index is 0.778. The Bertz CT molecular complexity index is 493. The molecule has 0 unspecified atom stereocenters. The fourth-order valence-electron chi connectivity index (χ4n) is 1.71. The third kappa shape index (κ3) is 3.77. The van der Waals surface area contributed by atoms with Crippen molar-refractivity contribution in [3.8, 4) is 0 Å². The number of rotatable bonds is 8. The van der Waals surface area contributed by atoms with E-state index < -0.39 is 0 Å². The topological polar surface area (TPSA) is 73.5 Å². The van der Waals surface area contributed by atoms with Crippen molar-refractivity contribution in [1.82, 2.24) is 35.1 Å². The molecule has 0 amide bonds. The summed E-state index contributed by atoms with van der Waals surface area (Å²) in [5, 5.41) is 15.7. The number of tetrazole rings is 1. The van der Waals surface area contributed by atoms with Gasteiger partial charge in [0.15, 0.2) is 0 Å². The highest BCUT2D eigenvalue weighted by Gasteiger charge is 2.08. The van der Waals surface area contributed by atoms with E-state index in [-0.39, 0.29) is 0 Å². The number of aromatic nitrogens is 6. The van der Waals surface area contributed by atoms with Crippen LogP contribution in [-0.2, 0) is 18.8 Å². The molecular formula is C11H19N7S. The zero-order valence-electron chi connectivity index (χ0n) is 11.3. The molecule has 0 aliphatic carbocycles. The largest absolute Gasteiger partial charge is 0.334 e. The van der Waals surface area contributed by atoms with Crippen molar-refractivity contribution in [2.24, 2.45) is 0 Å². The molecule has 0 aliphatic rings. The highest BCUT2D eigenvalue weighted by atomic mass is 32.2. The van der Waals surface area contributed by atoms with Crippen LogP contribution >= 0.6 is 11.8 Å². The van der Waals surface area contributed by atoms with Crippen molar-refractivity contribution in [3.63, 3.8) is 0 Å². The van der Waals surface area contributed by atoms with Crippen LogP contribution in [0.5, 0.6) is 0 Å². The van der Waals surface area contributed by atoms with Crippen LogP contribution < -0.4 is 5.32 Å².